The van der Waals surface area contributed by atoms with E-state index >= 15 is 0 Å². The van der Waals surface area contributed by atoms with Crippen molar-refractivity contribution >= 4 is 21.6 Å². The average molecular weight is 448 g/mol. The van der Waals surface area contributed by atoms with Gasteiger partial charge in [0.25, 0.3) is 10.0 Å². The second-order valence-electron chi connectivity index (χ2n) is 7.50. The van der Waals surface area contributed by atoms with Crippen LogP contribution in [0.3, 0.4) is 0 Å². The van der Waals surface area contributed by atoms with E-state index in [1.807, 2.05) is 7.05 Å². The van der Waals surface area contributed by atoms with Gasteiger partial charge in [0, 0.05) is 6.04 Å². The van der Waals surface area contributed by atoms with E-state index in [-0.39, 0.29) is 23.4 Å². The Balaban J connectivity index is 1.90. The van der Waals surface area contributed by atoms with Gasteiger partial charge >= 0.3 is 0 Å². The number of rotatable bonds is 8. The second kappa shape index (κ2) is 10.0. The number of piperidine rings is 1. The molecule has 1 aliphatic heterocycles. The Bertz CT molecular complexity index is 986. The van der Waals surface area contributed by atoms with Crippen LogP contribution in [-0.4, -0.2) is 66.2 Å². The van der Waals surface area contributed by atoms with Gasteiger partial charge in [-0.05, 0) is 69.4 Å². The molecule has 1 heterocycles. The molecule has 2 aromatic carbocycles. The van der Waals surface area contributed by atoms with E-state index in [1.165, 1.54) is 26.4 Å². The first-order chi connectivity index (χ1) is 14.8. The van der Waals surface area contributed by atoms with Crippen molar-refractivity contribution in [2.24, 2.45) is 0 Å². The van der Waals surface area contributed by atoms with E-state index < -0.39 is 10.0 Å². The van der Waals surface area contributed by atoms with Gasteiger partial charge < -0.3 is 19.7 Å². The second-order valence-corrected chi connectivity index (χ2v) is 9.37. The van der Waals surface area contributed by atoms with Crippen LogP contribution in [0.4, 0.5) is 5.69 Å². The largest absolute Gasteiger partial charge is 0.497 e. The van der Waals surface area contributed by atoms with Crippen molar-refractivity contribution in [3.8, 4) is 11.5 Å². The van der Waals surface area contributed by atoms with E-state index in [1.54, 1.807) is 36.4 Å². The molecule has 1 amide bonds. The smallest absolute Gasteiger partial charge is 0.264 e. The number of nitrogens with one attached hydrogen (secondary N) is 1. The fourth-order valence-electron chi connectivity index (χ4n) is 3.57. The number of ether oxygens (including phenoxy) is 2. The quantitative estimate of drug-likeness (QED) is 0.667. The fraction of sp³-hybridized carbons (Fsp3) is 0.409. The van der Waals surface area contributed by atoms with Crippen LogP contribution in [0, 0.1) is 0 Å². The third-order valence-corrected chi connectivity index (χ3v) is 7.15. The summed E-state index contributed by atoms with van der Waals surface area (Å²) in [7, 11) is 0.997. The number of hydrogen-bond acceptors (Lipinski definition) is 6. The van der Waals surface area contributed by atoms with Gasteiger partial charge in [-0.25, -0.2) is 8.42 Å². The highest BCUT2D eigenvalue weighted by atomic mass is 32.2. The van der Waals surface area contributed by atoms with E-state index in [9.17, 15) is 13.2 Å². The topological polar surface area (TPSA) is 88.2 Å². The Hall–Kier alpha value is -2.78. The highest BCUT2D eigenvalue weighted by Gasteiger charge is 2.30. The molecule has 1 aliphatic rings. The number of nitrogens with zero attached hydrogens (tertiary/aromatic N) is 2. The summed E-state index contributed by atoms with van der Waals surface area (Å²) in [6, 6.07) is 12.9. The first-order valence-electron chi connectivity index (χ1n) is 10.1. The molecule has 0 bridgehead atoms. The van der Waals surface area contributed by atoms with Gasteiger partial charge in [0.15, 0.2) is 0 Å². The number of hydrogen-bond donors (Lipinski definition) is 1. The number of amides is 1. The van der Waals surface area contributed by atoms with Crippen molar-refractivity contribution in [1.29, 1.82) is 0 Å². The average Bonchev–Trinajstić information content (AvgIpc) is 2.79. The third-order valence-electron chi connectivity index (χ3n) is 5.37. The molecular formula is C22H29N3O5S. The molecule has 8 nitrogen and oxygen atoms in total. The lowest BCUT2D eigenvalue weighted by Crippen LogP contribution is -2.47. The zero-order valence-electron chi connectivity index (χ0n) is 18.1. The highest BCUT2D eigenvalue weighted by Crippen LogP contribution is 2.32. The lowest BCUT2D eigenvalue weighted by atomic mass is 10.1. The summed E-state index contributed by atoms with van der Waals surface area (Å²) in [6.45, 7) is 1.44. The zero-order valence-corrected chi connectivity index (χ0v) is 18.9. The molecule has 1 fully saturated rings. The van der Waals surface area contributed by atoms with Crippen LogP contribution in [0.1, 0.15) is 12.8 Å². The maximum absolute atomic E-state index is 13.5. The first-order valence-corrected chi connectivity index (χ1v) is 11.6. The zero-order chi connectivity index (χ0) is 22.4. The van der Waals surface area contributed by atoms with Gasteiger partial charge in [0.05, 0.1) is 24.8 Å². The van der Waals surface area contributed by atoms with Gasteiger partial charge in [-0.1, -0.05) is 12.1 Å². The third kappa shape index (κ3) is 5.48. The molecule has 168 valence electrons. The predicted molar refractivity (Wildman–Crippen MR) is 119 cm³/mol. The fourth-order valence-corrected chi connectivity index (χ4v) is 5.00. The SMILES string of the molecule is COc1ccc(S(=O)(=O)N(CC(=O)NC2CCN(C)CC2)c2ccccc2OC)cc1. The van der Waals surface area contributed by atoms with E-state index in [2.05, 4.69) is 10.2 Å². The minimum atomic E-state index is -4.03. The van der Waals surface area contributed by atoms with Crippen LogP contribution in [0.25, 0.3) is 0 Å². The van der Waals surface area contributed by atoms with Crippen LogP contribution < -0.4 is 19.1 Å². The molecule has 3 rings (SSSR count). The number of methoxy groups -OCH3 is 2. The molecule has 1 saturated heterocycles. The van der Waals surface area contributed by atoms with Crippen LogP contribution in [0.15, 0.2) is 53.4 Å². The van der Waals surface area contributed by atoms with Gasteiger partial charge in [0.1, 0.15) is 18.0 Å². The van der Waals surface area contributed by atoms with Gasteiger partial charge in [-0.2, -0.15) is 0 Å². The summed E-state index contributed by atoms with van der Waals surface area (Å²) < 4.78 is 38.6. The van der Waals surface area contributed by atoms with Gasteiger partial charge in [0.2, 0.25) is 5.91 Å². The molecule has 9 heteroatoms. The molecule has 0 spiro atoms. The number of benzene rings is 2. The van der Waals surface area contributed by atoms with E-state index in [4.69, 9.17) is 9.47 Å². The number of para-hydroxylation sites is 2. The summed E-state index contributed by atoms with van der Waals surface area (Å²) in [4.78, 5) is 15.1. The summed E-state index contributed by atoms with van der Waals surface area (Å²) >= 11 is 0. The Morgan fingerprint density at radius 2 is 1.71 bits per heavy atom. The summed E-state index contributed by atoms with van der Waals surface area (Å²) in [5.41, 5.74) is 0.305. The van der Waals surface area contributed by atoms with Crippen molar-refractivity contribution in [3.05, 3.63) is 48.5 Å². The molecule has 0 saturated carbocycles. The van der Waals surface area contributed by atoms with E-state index in [0.29, 0.717) is 17.2 Å². The van der Waals surface area contributed by atoms with E-state index in [0.717, 1.165) is 30.2 Å². The van der Waals surface area contributed by atoms with Crippen molar-refractivity contribution in [1.82, 2.24) is 10.2 Å². The van der Waals surface area contributed by atoms with Crippen molar-refractivity contribution in [2.75, 3.05) is 45.2 Å². The number of carbonyl (C=O) groups is 1. The highest BCUT2D eigenvalue weighted by molar-refractivity contribution is 7.92. The number of carbonyl (C=O) groups excluding carboxylic acids is 1. The molecule has 0 aromatic heterocycles. The molecule has 0 aliphatic carbocycles. The van der Waals surface area contributed by atoms with Crippen LogP contribution >= 0.6 is 0 Å². The number of anilines is 1. The lowest BCUT2D eigenvalue weighted by molar-refractivity contribution is -0.120. The molecule has 0 atom stereocenters. The standard InChI is InChI=1S/C22H29N3O5S/c1-24-14-12-17(13-15-24)23-22(26)16-25(20-6-4-5-7-21(20)30-3)31(27,28)19-10-8-18(29-2)9-11-19/h4-11,17H,12-16H2,1-3H3,(H,23,26). The minimum Gasteiger partial charge on any atom is -0.497 e. The normalized spacial score (nSPS) is 15.3. The summed E-state index contributed by atoms with van der Waals surface area (Å²) in [6.07, 6.45) is 1.67. The molecule has 31 heavy (non-hydrogen) atoms. The number of likely N-dealkylation sites (tertiary alicyclic amines) is 1. The maximum Gasteiger partial charge on any atom is 0.264 e. The van der Waals surface area contributed by atoms with Gasteiger partial charge in [-0.15, -0.1) is 0 Å². The molecule has 2 aromatic rings. The Morgan fingerprint density at radius 3 is 2.32 bits per heavy atom. The lowest BCUT2D eigenvalue weighted by Gasteiger charge is -2.31. The molecular weight excluding hydrogens is 418 g/mol. The van der Waals surface area contributed by atoms with Crippen molar-refractivity contribution in [2.45, 2.75) is 23.8 Å². The van der Waals surface area contributed by atoms with Crippen LogP contribution in [0.5, 0.6) is 11.5 Å². The maximum atomic E-state index is 13.5. The Labute approximate surface area is 183 Å². The van der Waals surface area contributed by atoms with Crippen LogP contribution in [-0.2, 0) is 14.8 Å². The van der Waals surface area contributed by atoms with Crippen LogP contribution in [0.2, 0.25) is 0 Å². The minimum absolute atomic E-state index is 0.0342. The Morgan fingerprint density at radius 1 is 1.06 bits per heavy atom. The molecule has 0 unspecified atom stereocenters. The molecule has 1 N–H and O–H groups in total. The first kappa shape index (κ1) is 22.9. The monoisotopic (exact) mass is 447 g/mol. The summed E-state index contributed by atoms with van der Waals surface area (Å²) in [5.74, 6) is 0.562. The molecule has 0 radical (unpaired) electrons. The van der Waals surface area contributed by atoms with Crippen molar-refractivity contribution < 1.29 is 22.7 Å². The number of sulfonamides is 1. The Kier molecular flexibility index (Phi) is 7.40. The van der Waals surface area contributed by atoms with Crippen molar-refractivity contribution in [3.63, 3.8) is 0 Å². The predicted octanol–water partition coefficient (Wildman–Crippen LogP) is 2.11. The summed E-state index contributed by atoms with van der Waals surface area (Å²) in [5, 5.41) is 2.99. The van der Waals surface area contributed by atoms with Gasteiger partial charge in [-0.3, -0.25) is 9.10 Å².